The number of likely N-dealkylation sites (tertiary alicyclic amines) is 1. The van der Waals surface area contributed by atoms with Gasteiger partial charge in [-0.3, -0.25) is 4.79 Å². The van der Waals surface area contributed by atoms with Crippen LogP contribution in [-0.2, 0) is 23.3 Å². The Hall–Kier alpha value is -1.02. The predicted octanol–water partition coefficient (Wildman–Crippen LogP) is 1.74. The molecule has 22 heavy (non-hydrogen) atoms. The maximum atomic E-state index is 11.9. The molecule has 7 nitrogen and oxygen atoms in total. The summed E-state index contributed by atoms with van der Waals surface area (Å²) in [6, 6.07) is 0. The van der Waals surface area contributed by atoms with E-state index in [1.165, 1.54) is 4.90 Å². The highest BCUT2D eigenvalue weighted by molar-refractivity contribution is 8.14. The van der Waals surface area contributed by atoms with Crippen LogP contribution in [0.25, 0.3) is 0 Å². The van der Waals surface area contributed by atoms with Gasteiger partial charge in [-0.15, -0.1) is 0 Å². The fourth-order valence-corrected chi connectivity index (χ4v) is 4.08. The van der Waals surface area contributed by atoms with Crippen molar-refractivity contribution in [1.29, 1.82) is 0 Å². The number of carbonyl (C=O) groups excluding carboxylic acids is 2. The number of rotatable bonds is 3. The van der Waals surface area contributed by atoms with E-state index in [0.717, 1.165) is 7.11 Å². The van der Waals surface area contributed by atoms with Crippen LogP contribution in [0.2, 0.25) is 0 Å². The Balaban J connectivity index is 2.71. The van der Waals surface area contributed by atoms with Gasteiger partial charge < -0.3 is 14.4 Å². The van der Waals surface area contributed by atoms with E-state index in [0.29, 0.717) is 25.9 Å². The molecule has 1 heterocycles. The zero-order valence-corrected chi connectivity index (χ0v) is 14.7. The van der Waals surface area contributed by atoms with Crippen molar-refractivity contribution >= 4 is 31.8 Å². The highest BCUT2D eigenvalue weighted by atomic mass is 35.7. The lowest BCUT2D eigenvalue weighted by Crippen LogP contribution is -2.46. The molecule has 0 aromatic heterocycles. The highest BCUT2D eigenvalue weighted by Crippen LogP contribution is 2.28. The standard InChI is InChI=1S/C13H22ClNO6S/c1-13(2,3)21-12(17)15-7-5-9(6-8-15)10(11(16)20-4)22(14,18)19/h9-10H,5-8H2,1-4H3. The Morgan fingerprint density at radius 3 is 2.09 bits per heavy atom. The molecule has 0 aliphatic carbocycles. The number of nitrogens with zero attached hydrogens (tertiary/aromatic N) is 1. The van der Waals surface area contributed by atoms with Crippen LogP contribution >= 0.6 is 10.7 Å². The second-order valence-corrected chi connectivity index (χ2v) is 8.97. The van der Waals surface area contributed by atoms with Crippen LogP contribution in [0, 0.1) is 5.92 Å². The summed E-state index contributed by atoms with van der Waals surface area (Å²) in [5, 5.41) is -1.40. The topological polar surface area (TPSA) is 90.0 Å². The number of methoxy groups -OCH3 is 1. The molecule has 0 aromatic rings. The van der Waals surface area contributed by atoms with Crippen molar-refractivity contribution in [2.75, 3.05) is 20.2 Å². The average Bonchev–Trinajstić information content (AvgIpc) is 2.35. The monoisotopic (exact) mass is 355 g/mol. The first-order valence-electron chi connectivity index (χ1n) is 6.95. The number of piperidine rings is 1. The van der Waals surface area contributed by atoms with E-state index in [1.54, 1.807) is 20.8 Å². The zero-order chi connectivity index (χ0) is 17.1. The van der Waals surface area contributed by atoms with E-state index in [2.05, 4.69) is 4.74 Å². The molecule has 0 bridgehead atoms. The number of carbonyl (C=O) groups is 2. The van der Waals surface area contributed by atoms with Crippen molar-refractivity contribution < 1.29 is 27.5 Å². The molecule has 1 unspecified atom stereocenters. The van der Waals surface area contributed by atoms with Gasteiger partial charge in [-0.05, 0) is 39.5 Å². The maximum Gasteiger partial charge on any atom is 0.410 e. The van der Waals surface area contributed by atoms with Crippen molar-refractivity contribution in [3.05, 3.63) is 0 Å². The van der Waals surface area contributed by atoms with Crippen LogP contribution in [0.4, 0.5) is 4.79 Å². The first-order valence-corrected chi connectivity index (χ1v) is 9.32. The summed E-state index contributed by atoms with van der Waals surface area (Å²) >= 11 is 0. The Kier molecular flexibility index (Phi) is 6.09. The van der Waals surface area contributed by atoms with Gasteiger partial charge in [-0.25, -0.2) is 13.2 Å². The highest BCUT2D eigenvalue weighted by Gasteiger charge is 2.41. The SMILES string of the molecule is COC(=O)C(C1CCN(C(=O)OC(C)(C)C)CC1)S(=O)(=O)Cl. The normalized spacial score (nSPS) is 18.7. The van der Waals surface area contributed by atoms with Crippen LogP contribution in [0.1, 0.15) is 33.6 Å². The van der Waals surface area contributed by atoms with Crippen molar-refractivity contribution in [2.24, 2.45) is 5.92 Å². The van der Waals surface area contributed by atoms with Crippen molar-refractivity contribution in [3.63, 3.8) is 0 Å². The van der Waals surface area contributed by atoms with Crippen LogP contribution in [-0.4, -0.2) is 56.4 Å². The van der Waals surface area contributed by atoms with Crippen molar-refractivity contribution in [3.8, 4) is 0 Å². The van der Waals surface area contributed by atoms with E-state index in [-0.39, 0.29) is 0 Å². The maximum absolute atomic E-state index is 11.9. The van der Waals surface area contributed by atoms with Crippen LogP contribution < -0.4 is 0 Å². The van der Waals surface area contributed by atoms with E-state index < -0.39 is 37.9 Å². The Labute approximate surface area is 135 Å². The van der Waals surface area contributed by atoms with Gasteiger partial charge in [0.05, 0.1) is 7.11 Å². The number of amides is 1. The summed E-state index contributed by atoms with van der Waals surface area (Å²) in [6.07, 6.45) is 0.227. The third kappa shape index (κ3) is 5.31. The molecule has 0 N–H and O–H groups in total. The number of hydrogen-bond donors (Lipinski definition) is 0. The third-order valence-electron chi connectivity index (χ3n) is 3.36. The molecule has 1 atom stereocenters. The summed E-state index contributed by atoms with van der Waals surface area (Å²) in [6.45, 7) is 5.92. The largest absolute Gasteiger partial charge is 0.468 e. The molecule has 1 saturated heterocycles. The first-order chi connectivity index (χ1) is 9.95. The van der Waals surface area contributed by atoms with Gasteiger partial charge in [-0.2, -0.15) is 0 Å². The number of esters is 1. The number of halogens is 1. The minimum absolute atomic E-state index is 0.305. The van der Waals surface area contributed by atoms with Gasteiger partial charge >= 0.3 is 12.1 Å². The van der Waals surface area contributed by atoms with Gasteiger partial charge in [0.15, 0.2) is 5.25 Å². The quantitative estimate of drug-likeness (QED) is 0.566. The Morgan fingerprint density at radius 2 is 1.73 bits per heavy atom. The van der Waals surface area contributed by atoms with Gasteiger partial charge in [0.1, 0.15) is 5.60 Å². The molecule has 0 radical (unpaired) electrons. The molecule has 1 amide bonds. The summed E-state index contributed by atoms with van der Waals surface area (Å²) < 4.78 is 33.0. The molecule has 1 aliphatic rings. The summed E-state index contributed by atoms with van der Waals surface area (Å²) in [5.41, 5.74) is -0.595. The van der Waals surface area contributed by atoms with Gasteiger partial charge in [0.2, 0.25) is 9.05 Å². The minimum atomic E-state index is -4.08. The molecule has 1 rings (SSSR count). The molecule has 1 aliphatic heterocycles. The molecule has 1 fully saturated rings. The van der Waals surface area contributed by atoms with E-state index in [4.69, 9.17) is 15.4 Å². The Morgan fingerprint density at radius 1 is 1.23 bits per heavy atom. The predicted molar refractivity (Wildman–Crippen MR) is 81.1 cm³/mol. The fourth-order valence-electron chi connectivity index (χ4n) is 2.36. The summed E-state index contributed by atoms with van der Waals surface area (Å²) in [5.74, 6) is -1.35. The van der Waals surface area contributed by atoms with Crippen LogP contribution in [0.5, 0.6) is 0 Å². The smallest absolute Gasteiger partial charge is 0.410 e. The summed E-state index contributed by atoms with van der Waals surface area (Å²) in [7, 11) is 2.40. The second kappa shape index (κ2) is 7.04. The second-order valence-electron chi connectivity index (χ2n) is 6.22. The lowest BCUT2D eigenvalue weighted by molar-refractivity contribution is -0.141. The molecule has 0 saturated carbocycles. The van der Waals surface area contributed by atoms with E-state index in [1.807, 2.05) is 0 Å². The fraction of sp³-hybridized carbons (Fsp3) is 0.846. The molecule has 0 spiro atoms. The zero-order valence-electron chi connectivity index (χ0n) is 13.2. The molecular weight excluding hydrogens is 334 g/mol. The van der Waals surface area contributed by atoms with E-state index >= 15 is 0 Å². The van der Waals surface area contributed by atoms with Crippen LogP contribution in [0.3, 0.4) is 0 Å². The van der Waals surface area contributed by atoms with Crippen LogP contribution in [0.15, 0.2) is 0 Å². The van der Waals surface area contributed by atoms with Crippen molar-refractivity contribution in [1.82, 2.24) is 4.90 Å². The van der Waals surface area contributed by atoms with E-state index in [9.17, 15) is 18.0 Å². The molecule has 0 aromatic carbocycles. The molecule has 9 heteroatoms. The molecular formula is C13H22ClNO6S. The lowest BCUT2D eigenvalue weighted by Gasteiger charge is -2.34. The first kappa shape index (κ1) is 19.0. The van der Waals surface area contributed by atoms with Crippen molar-refractivity contribution in [2.45, 2.75) is 44.5 Å². The van der Waals surface area contributed by atoms with Gasteiger partial charge in [0, 0.05) is 23.8 Å². The Bertz CT molecular complexity index is 519. The number of ether oxygens (including phenoxy) is 2. The van der Waals surface area contributed by atoms with Gasteiger partial charge in [0.25, 0.3) is 0 Å². The summed E-state index contributed by atoms with van der Waals surface area (Å²) in [4.78, 5) is 25.1. The average molecular weight is 356 g/mol. The number of hydrogen-bond acceptors (Lipinski definition) is 6. The third-order valence-corrected chi connectivity index (χ3v) is 5.12. The van der Waals surface area contributed by atoms with Gasteiger partial charge in [-0.1, -0.05) is 0 Å². The minimum Gasteiger partial charge on any atom is -0.468 e. The molecule has 128 valence electrons. The lowest BCUT2D eigenvalue weighted by atomic mass is 9.93.